The van der Waals surface area contributed by atoms with Crippen LogP contribution in [0.4, 0.5) is 13.6 Å². The molecule has 7 atom stereocenters. The molecule has 2 aromatic rings. The number of nitrogens with zero attached hydrogens (tertiary/aromatic N) is 3. The SMILES string of the molecule is COc1ccc2nc3c(nc2c1)O[C@@H]1C[C@@H](C(=O)N[C@]2(C(=O)NS(=O)(=O)C4(C)CC4)C[C@H]2C(F)F)N(C1)C(=O)[C@H](C(C)(C)C)NC(=O)O[C@@H]1CCC[C@H]1CCCCC3. The highest BCUT2D eigenvalue weighted by Crippen LogP contribution is 2.49. The van der Waals surface area contributed by atoms with Crippen LogP contribution >= 0.6 is 0 Å². The van der Waals surface area contributed by atoms with Crippen molar-refractivity contribution in [3.05, 3.63) is 23.9 Å². The van der Waals surface area contributed by atoms with Gasteiger partial charge in [-0.2, -0.15) is 0 Å². The second kappa shape index (κ2) is 15.7. The van der Waals surface area contributed by atoms with Gasteiger partial charge < -0.3 is 29.7 Å². The maximum atomic E-state index is 14.7. The molecule has 0 unspecified atom stereocenters. The molecule has 5 aliphatic rings. The van der Waals surface area contributed by atoms with Crippen LogP contribution in [0.1, 0.15) is 104 Å². The smallest absolute Gasteiger partial charge is 0.408 e. The molecule has 3 saturated carbocycles. The van der Waals surface area contributed by atoms with Crippen LogP contribution < -0.4 is 24.8 Å². The number of benzene rings is 1. The molecule has 4 fully saturated rings. The average molecular weight is 833 g/mol. The van der Waals surface area contributed by atoms with Gasteiger partial charge in [-0.15, -0.1) is 0 Å². The molecule has 7 rings (SSSR count). The quantitative estimate of drug-likeness (QED) is 0.354. The first kappa shape index (κ1) is 41.8. The van der Waals surface area contributed by atoms with Crippen LogP contribution in [-0.4, -0.2) is 102 Å². The van der Waals surface area contributed by atoms with Gasteiger partial charge in [0.25, 0.3) is 5.91 Å². The Morgan fingerprint density at radius 2 is 1.78 bits per heavy atom. The maximum Gasteiger partial charge on any atom is 0.408 e. The first-order valence-corrected chi connectivity index (χ1v) is 21.8. The fourth-order valence-corrected chi connectivity index (χ4v) is 9.89. The Hall–Kier alpha value is -4.35. The maximum absolute atomic E-state index is 14.7. The molecule has 1 aromatic carbocycles. The summed E-state index contributed by atoms with van der Waals surface area (Å²) in [6, 6.07) is 2.73. The van der Waals surface area contributed by atoms with Gasteiger partial charge in [0, 0.05) is 12.5 Å². The van der Waals surface area contributed by atoms with Crippen LogP contribution in [0.2, 0.25) is 0 Å². The summed E-state index contributed by atoms with van der Waals surface area (Å²) in [6.07, 6.45) is 1.42. The predicted octanol–water partition coefficient (Wildman–Crippen LogP) is 4.55. The normalized spacial score (nSPS) is 30.2. The fourth-order valence-electron chi connectivity index (χ4n) is 8.58. The summed E-state index contributed by atoms with van der Waals surface area (Å²) >= 11 is 0. The molecule has 1 saturated heterocycles. The number of hydrogen-bond donors (Lipinski definition) is 3. The van der Waals surface area contributed by atoms with Crippen molar-refractivity contribution >= 4 is 44.9 Å². The monoisotopic (exact) mass is 832 g/mol. The zero-order valence-electron chi connectivity index (χ0n) is 33.6. The summed E-state index contributed by atoms with van der Waals surface area (Å²) in [6.45, 7) is 6.53. The van der Waals surface area contributed by atoms with Crippen LogP contribution in [0.5, 0.6) is 11.6 Å². The number of ether oxygens (including phenoxy) is 3. The Labute approximate surface area is 337 Å². The third-order valence-electron chi connectivity index (χ3n) is 12.6. The van der Waals surface area contributed by atoms with Gasteiger partial charge in [0.1, 0.15) is 41.3 Å². The van der Waals surface area contributed by atoms with Gasteiger partial charge in [0.15, 0.2) is 0 Å². The number of sulfonamides is 1. The molecule has 0 spiro atoms. The zero-order valence-corrected chi connectivity index (χ0v) is 34.5. The van der Waals surface area contributed by atoms with Crippen LogP contribution in [0.25, 0.3) is 11.0 Å². The number of carbonyl (C=O) groups excluding carboxylic acids is 4. The minimum Gasteiger partial charge on any atom is -0.497 e. The van der Waals surface area contributed by atoms with Gasteiger partial charge >= 0.3 is 6.09 Å². The lowest BCUT2D eigenvalue weighted by atomic mass is 9.85. The zero-order chi connectivity index (χ0) is 41.8. The summed E-state index contributed by atoms with van der Waals surface area (Å²) < 4.78 is 73.2. The molecule has 2 aliphatic heterocycles. The third-order valence-corrected chi connectivity index (χ3v) is 14.8. The van der Waals surface area contributed by atoms with Crippen molar-refractivity contribution in [1.29, 1.82) is 0 Å². The van der Waals surface area contributed by atoms with E-state index >= 15 is 0 Å². The number of amides is 4. The lowest BCUT2D eigenvalue weighted by Crippen LogP contribution is -2.60. The Balaban J connectivity index is 1.23. The summed E-state index contributed by atoms with van der Waals surface area (Å²) in [4.78, 5) is 67.1. The van der Waals surface area contributed by atoms with E-state index in [4.69, 9.17) is 24.2 Å². The van der Waals surface area contributed by atoms with Gasteiger partial charge in [-0.1, -0.05) is 33.6 Å². The number of nitrogens with one attached hydrogen (secondary N) is 3. The second-order valence-corrected chi connectivity index (χ2v) is 20.2. The Morgan fingerprint density at radius 3 is 2.45 bits per heavy atom. The minimum absolute atomic E-state index is 0.146. The number of fused-ring (bicyclic) bond motifs is 5. The molecule has 0 radical (unpaired) electrons. The molecule has 3 heterocycles. The van der Waals surface area contributed by atoms with Crippen molar-refractivity contribution < 1.29 is 50.6 Å². The Kier molecular flexibility index (Phi) is 11.3. The topological polar surface area (TPSA) is 195 Å². The number of alkyl carbamates (subject to hydrolysis) is 1. The van der Waals surface area contributed by atoms with Crippen LogP contribution in [0.3, 0.4) is 0 Å². The molecular formula is C40H54F2N6O9S. The lowest BCUT2D eigenvalue weighted by Gasteiger charge is -2.35. The van der Waals surface area contributed by atoms with Crippen molar-refractivity contribution in [2.24, 2.45) is 17.3 Å². The summed E-state index contributed by atoms with van der Waals surface area (Å²) in [7, 11) is -2.70. The largest absolute Gasteiger partial charge is 0.497 e. The number of alkyl halides is 2. The van der Waals surface area contributed by atoms with E-state index in [2.05, 4.69) is 10.6 Å². The van der Waals surface area contributed by atoms with Gasteiger partial charge in [0.05, 0.1) is 35.4 Å². The highest BCUT2D eigenvalue weighted by Gasteiger charge is 2.67. The average Bonchev–Trinajstić information content (AvgIpc) is 3.99. The highest BCUT2D eigenvalue weighted by atomic mass is 32.2. The fraction of sp³-hybridized carbons (Fsp3) is 0.700. The van der Waals surface area contributed by atoms with Crippen molar-refractivity contribution in [3.63, 3.8) is 0 Å². The minimum atomic E-state index is -4.23. The van der Waals surface area contributed by atoms with E-state index in [1.54, 1.807) is 39.0 Å². The van der Waals surface area contributed by atoms with E-state index < -0.39 is 86.5 Å². The molecule has 3 N–H and O–H groups in total. The van der Waals surface area contributed by atoms with Gasteiger partial charge in [-0.3, -0.25) is 19.1 Å². The number of aryl methyl sites for hydroxylation is 1. The van der Waals surface area contributed by atoms with Crippen LogP contribution in [0, 0.1) is 17.3 Å². The summed E-state index contributed by atoms with van der Waals surface area (Å²) in [5.74, 6) is -3.59. The predicted molar refractivity (Wildman–Crippen MR) is 206 cm³/mol. The first-order valence-electron chi connectivity index (χ1n) is 20.3. The number of rotatable bonds is 7. The Bertz CT molecular complexity index is 2060. The molecule has 58 heavy (non-hydrogen) atoms. The van der Waals surface area contributed by atoms with E-state index in [1.807, 2.05) is 4.72 Å². The molecule has 18 heteroatoms. The number of hydrogen-bond acceptors (Lipinski definition) is 11. The van der Waals surface area contributed by atoms with E-state index in [-0.39, 0.29) is 30.9 Å². The lowest BCUT2D eigenvalue weighted by molar-refractivity contribution is -0.143. The van der Waals surface area contributed by atoms with Crippen molar-refractivity contribution in [2.45, 2.75) is 146 Å². The van der Waals surface area contributed by atoms with Crippen molar-refractivity contribution in [3.8, 4) is 11.6 Å². The Morgan fingerprint density at radius 1 is 1.03 bits per heavy atom. The van der Waals surface area contributed by atoms with Crippen molar-refractivity contribution in [1.82, 2.24) is 30.2 Å². The molecule has 318 valence electrons. The van der Waals surface area contributed by atoms with Gasteiger partial charge in [-0.25, -0.2) is 32.0 Å². The molecule has 15 nitrogen and oxygen atoms in total. The summed E-state index contributed by atoms with van der Waals surface area (Å²) in [5.41, 5.74) is -1.42. The number of carbonyl (C=O) groups is 4. The molecule has 3 aliphatic carbocycles. The number of methoxy groups -OCH3 is 1. The van der Waals surface area contributed by atoms with Gasteiger partial charge in [0.2, 0.25) is 34.1 Å². The molecule has 1 aromatic heterocycles. The van der Waals surface area contributed by atoms with Crippen LogP contribution in [0.15, 0.2) is 18.2 Å². The van der Waals surface area contributed by atoms with E-state index in [0.717, 1.165) is 38.5 Å². The second-order valence-electron chi connectivity index (χ2n) is 18.0. The highest BCUT2D eigenvalue weighted by molar-refractivity contribution is 7.91. The van der Waals surface area contributed by atoms with Gasteiger partial charge in [-0.05, 0) is 88.2 Å². The molecular weight excluding hydrogens is 779 g/mol. The van der Waals surface area contributed by atoms with E-state index in [9.17, 15) is 36.4 Å². The third kappa shape index (κ3) is 8.39. The van der Waals surface area contributed by atoms with Crippen molar-refractivity contribution in [2.75, 3.05) is 13.7 Å². The number of halogens is 2. The van der Waals surface area contributed by atoms with Crippen LogP contribution in [-0.2, 0) is 35.6 Å². The molecule has 4 amide bonds. The molecule has 2 bridgehead atoms. The standard InChI is InChI=1S/C40H54F2N6O9S/c1-38(2,3)31-35(50)48-21-24(19-29(48)33(49)46-40(20-25(40)32(41)42)36(51)47-58(53,54)39(4)16-17-39)56-34-27(43-26-15-14-23(55-5)18-28(26)44-34)12-8-6-7-10-22-11-9-13-30(22)57-37(52)45-31/h14-15,18,22,24-25,29-32H,6-13,16-17,19-21H2,1-5H3,(H,45,52)(H,46,49)(H,47,51)/t22-,24-,25+,29+,30-,31-,40-/m1/s1. The van der Waals surface area contributed by atoms with E-state index in [1.165, 1.54) is 18.9 Å². The number of aromatic nitrogens is 2. The summed E-state index contributed by atoms with van der Waals surface area (Å²) in [5, 5.41) is 5.23. The van der Waals surface area contributed by atoms with E-state index in [0.29, 0.717) is 48.2 Å². The first-order chi connectivity index (χ1) is 27.3.